The monoisotopic (exact) mass is 229 g/mol. The third-order valence-corrected chi connectivity index (χ3v) is 1.15. The summed E-state index contributed by atoms with van der Waals surface area (Å²) >= 11 is 0. The zero-order valence-corrected chi connectivity index (χ0v) is 13.7. The molecule has 0 unspecified atom stereocenters. The van der Waals surface area contributed by atoms with Crippen LogP contribution < -0.4 is 51.4 Å². The van der Waals surface area contributed by atoms with Crippen LogP contribution in [0.2, 0.25) is 0 Å². The van der Waals surface area contributed by atoms with Crippen molar-refractivity contribution in [3.8, 4) is 0 Å². The quantitative estimate of drug-likeness (QED) is 0.456. The summed E-state index contributed by atoms with van der Waals surface area (Å²) in [6.07, 6.45) is 0.340. The maximum atomic E-state index is 5.43. The smallest absolute Gasteiger partial charge is 0.327 e. The van der Waals surface area contributed by atoms with Crippen molar-refractivity contribution in [2.24, 2.45) is 0 Å². The van der Waals surface area contributed by atoms with E-state index >= 15 is 0 Å². The maximum Gasteiger partial charge on any atom is 1.00 e. The van der Waals surface area contributed by atoms with Gasteiger partial charge in [0.25, 0.3) is 6.48 Å². The van der Waals surface area contributed by atoms with Crippen LogP contribution in [-0.4, -0.2) is 24.8 Å². The summed E-state index contributed by atoms with van der Waals surface area (Å²) in [6.45, 7) is 11.2. The molecule has 0 aromatic rings. The van der Waals surface area contributed by atoms with Crippen molar-refractivity contribution in [3.05, 3.63) is 0 Å². The summed E-state index contributed by atoms with van der Waals surface area (Å²) in [6, 6.07) is 0. The Bertz CT molecular complexity index is 103. The second-order valence-corrected chi connectivity index (χ2v) is 3.84. The topological polar surface area (TPSA) is 27.7 Å². The maximum absolute atomic E-state index is 5.43. The molecular weight excluding hydrogens is 207 g/mol. The Labute approximate surface area is 130 Å². The summed E-state index contributed by atoms with van der Waals surface area (Å²) in [5, 5.41) is 0. The summed E-state index contributed by atoms with van der Waals surface area (Å²) in [5.41, 5.74) is 0. The van der Waals surface area contributed by atoms with Crippen LogP contribution >= 0.6 is 0 Å². The van der Waals surface area contributed by atoms with Crippen molar-refractivity contribution in [2.75, 3.05) is 0 Å². The molecule has 14 heavy (non-hydrogen) atoms. The molecule has 0 fully saturated rings. The van der Waals surface area contributed by atoms with Gasteiger partial charge in [0.1, 0.15) is 0 Å². The van der Waals surface area contributed by atoms with Crippen LogP contribution in [0.5, 0.6) is 0 Å². The number of ether oxygens (including phenoxy) is 3. The second kappa shape index (κ2) is 9.72. The third kappa shape index (κ3) is 11.6. The van der Waals surface area contributed by atoms with Gasteiger partial charge < -0.3 is 14.2 Å². The van der Waals surface area contributed by atoms with Gasteiger partial charge in [-0.1, -0.05) is 0 Å². The average Bonchev–Trinajstić information content (AvgIpc) is 1.80. The van der Waals surface area contributed by atoms with E-state index in [-0.39, 0.29) is 69.7 Å². The number of hydrogen-bond acceptors (Lipinski definition) is 3. The van der Waals surface area contributed by atoms with Gasteiger partial charge in [0.05, 0.1) is 18.3 Å². The molecule has 0 rings (SSSR count). The van der Waals surface area contributed by atoms with E-state index in [9.17, 15) is 0 Å². The summed E-state index contributed by atoms with van der Waals surface area (Å²) in [7, 11) is 0. The molecule has 0 aromatic heterocycles. The van der Waals surface area contributed by atoms with Gasteiger partial charge in [-0.2, -0.15) is 0 Å². The standard InChI is InChI=1S/C10H22O3.K/c1-7(2)11-10(12-8(3)4)13-9(5)6;/h7-10H,1-6H3;/q;+1. The Morgan fingerprint density at radius 2 is 0.786 bits per heavy atom. The van der Waals surface area contributed by atoms with E-state index in [0.717, 1.165) is 0 Å². The molecule has 0 aromatic carbocycles. The van der Waals surface area contributed by atoms with Crippen molar-refractivity contribution in [3.63, 3.8) is 0 Å². The van der Waals surface area contributed by atoms with Crippen molar-refractivity contribution in [2.45, 2.75) is 66.3 Å². The summed E-state index contributed by atoms with van der Waals surface area (Å²) in [4.78, 5) is 0. The van der Waals surface area contributed by atoms with Crippen molar-refractivity contribution in [1.82, 2.24) is 0 Å². The molecule has 0 amide bonds. The van der Waals surface area contributed by atoms with Gasteiger partial charge >= 0.3 is 51.4 Å². The molecule has 0 aliphatic carbocycles. The fraction of sp³-hybridized carbons (Fsp3) is 1.00. The largest absolute Gasteiger partial charge is 1.00 e. The molecular formula is C10H22KO3+. The predicted octanol–water partition coefficient (Wildman–Crippen LogP) is -0.451. The van der Waals surface area contributed by atoms with Crippen molar-refractivity contribution >= 4 is 0 Å². The molecule has 0 aliphatic heterocycles. The predicted molar refractivity (Wildman–Crippen MR) is 52.5 cm³/mol. The van der Waals surface area contributed by atoms with E-state index in [4.69, 9.17) is 14.2 Å². The van der Waals surface area contributed by atoms with E-state index in [1.165, 1.54) is 0 Å². The zero-order chi connectivity index (χ0) is 10.4. The average molecular weight is 229 g/mol. The summed E-state index contributed by atoms with van der Waals surface area (Å²) < 4.78 is 16.3. The molecule has 0 atom stereocenters. The Balaban J connectivity index is 0. The van der Waals surface area contributed by atoms with E-state index in [1.54, 1.807) is 0 Å². The van der Waals surface area contributed by atoms with E-state index in [0.29, 0.717) is 0 Å². The fourth-order valence-corrected chi connectivity index (χ4v) is 0.763. The van der Waals surface area contributed by atoms with Crippen LogP contribution in [0.4, 0.5) is 0 Å². The van der Waals surface area contributed by atoms with Gasteiger partial charge in [-0.25, -0.2) is 0 Å². The first-order valence-electron chi connectivity index (χ1n) is 4.88. The van der Waals surface area contributed by atoms with Crippen LogP contribution in [0.25, 0.3) is 0 Å². The number of hydrogen-bond donors (Lipinski definition) is 0. The van der Waals surface area contributed by atoms with Gasteiger partial charge in [0.2, 0.25) is 0 Å². The molecule has 0 N–H and O–H groups in total. The molecule has 3 nitrogen and oxygen atoms in total. The molecule has 0 bridgehead atoms. The van der Waals surface area contributed by atoms with Gasteiger partial charge in [-0.3, -0.25) is 0 Å². The van der Waals surface area contributed by atoms with Gasteiger partial charge in [-0.15, -0.1) is 0 Å². The first-order chi connectivity index (χ1) is 5.91. The zero-order valence-electron chi connectivity index (χ0n) is 10.5. The molecule has 0 saturated heterocycles. The summed E-state index contributed by atoms with van der Waals surface area (Å²) in [5.74, 6) is 0. The molecule has 0 radical (unpaired) electrons. The van der Waals surface area contributed by atoms with Crippen LogP contribution in [0, 0.1) is 0 Å². The Morgan fingerprint density at radius 3 is 0.929 bits per heavy atom. The van der Waals surface area contributed by atoms with Crippen molar-refractivity contribution in [1.29, 1.82) is 0 Å². The minimum atomic E-state index is -0.542. The molecule has 80 valence electrons. The van der Waals surface area contributed by atoms with Crippen molar-refractivity contribution < 1.29 is 65.6 Å². The molecule has 0 saturated carbocycles. The molecule has 0 spiro atoms. The SMILES string of the molecule is CC(C)OC(OC(C)C)OC(C)C.[K+]. The van der Waals surface area contributed by atoms with Crippen LogP contribution in [0.15, 0.2) is 0 Å². The number of rotatable bonds is 6. The Hall–Kier alpha value is 1.52. The van der Waals surface area contributed by atoms with E-state index in [1.807, 2.05) is 41.5 Å². The molecule has 0 heterocycles. The van der Waals surface area contributed by atoms with Gasteiger partial charge in [-0.05, 0) is 41.5 Å². The minimum absolute atomic E-state index is 0. The first kappa shape index (κ1) is 17.9. The van der Waals surface area contributed by atoms with E-state index in [2.05, 4.69) is 0 Å². The first-order valence-corrected chi connectivity index (χ1v) is 4.88. The Morgan fingerprint density at radius 1 is 0.571 bits per heavy atom. The molecule has 0 aliphatic rings. The third-order valence-electron chi connectivity index (χ3n) is 1.15. The van der Waals surface area contributed by atoms with Crippen LogP contribution in [-0.2, 0) is 14.2 Å². The fourth-order valence-electron chi connectivity index (χ4n) is 0.763. The molecule has 4 heteroatoms. The second-order valence-electron chi connectivity index (χ2n) is 3.84. The van der Waals surface area contributed by atoms with Crippen LogP contribution in [0.1, 0.15) is 41.5 Å². The normalized spacial score (nSPS) is 11.6. The van der Waals surface area contributed by atoms with Gasteiger partial charge in [0, 0.05) is 0 Å². The van der Waals surface area contributed by atoms with Gasteiger partial charge in [0.15, 0.2) is 0 Å². The Kier molecular flexibility index (Phi) is 12.4. The minimum Gasteiger partial charge on any atom is -0.327 e. The van der Waals surface area contributed by atoms with Crippen LogP contribution in [0.3, 0.4) is 0 Å². The van der Waals surface area contributed by atoms with E-state index < -0.39 is 6.48 Å².